The maximum atomic E-state index is 13.5. The van der Waals surface area contributed by atoms with Crippen molar-refractivity contribution in [2.24, 2.45) is 11.7 Å². The van der Waals surface area contributed by atoms with E-state index in [1.54, 1.807) is 6.07 Å². The summed E-state index contributed by atoms with van der Waals surface area (Å²) < 4.78 is 13.5. The summed E-state index contributed by atoms with van der Waals surface area (Å²) in [7, 11) is 0. The highest BCUT2D eigenvalue weighted by molar-refractivity contribution is 5.21. The molecule has 1 unspecified atom stereocenters. The number of halogens is 1. The quantitative estimate of drug-likeness (QED) is 0.820. The van der Waals surface area contributed by atoms with Crippen molar-refractivity contribution in [1.29, 1.82) is 0 Å². The first kappa shape index (κ1) is 11.0. The zero-order chi connectivity index (χ0) is 11.5. The van der Waals surface area contributed by atoms with Crippen LogP contribution in [0, 0.1) is 11.7 Å². The summed E-state index contributed by atoms with van der Waals surface area (Å²) in [5, 5.41) is 3.09. The molecular formula is C13H17FN2. The molecule has 86 valence electrons. The molecule has 0 fully saturated rings. The largest absolute Gasteiger partial charge is 0.386 e. The van der Waals surface area contributed by atoms with Gasteiger partial charge in [-0.25, -0.2) is 4.39 Å². The molecule has 1 aromatic carbocycles. The van der Waals surface area contributed by atoms with E-state index in [0.29, 0.717) is 5.92 Å². The average molecular weight is 220 g/mol. The molecule has 1 aromatic rings. The van der Waals surface area contributed by atoms with Crippen molar-refractivity contribution in [1.82, 2.24) is 5.32 Å². The Bertz CT molecular complexity index is 401. The predicted molar refractivity (Wildman–Crippen MR) is 63.2 cm³/mol. The van der Waals surface area contributed by atoms with E-state index in [9.17, 15) is 4.39 Å². The monoisotopic (exact) mass is 220 g/mol. The molecule has 1 heterocycles. The van der Waals surface area contributed by atoms with Crippen molar-refractivity contribution in [2.45, 2.75) is 19.3 Å². The molecule has 0 radical (unpaired) electrons. The number of rotatable bonds is 3. The van der Waals surface area contributed by atoms with Crippen molar-refractivity contribution in [2.75, 3.05) is 6.54 Å². The van der Waals surface area contributed by atoms with Gasteiger partial charge in [-0.15, -0.1) is 0 Å². The molecule has 2 nitrogen and oxygen atoms in total. The van der Waals surface area contributed by atoms with E-state index in [0.717, 1.165) is 24.4 Å². The van der Waals surface area contributed by atoms with Crippen LogP contribution in [-0.4, -0.2) is 6.54 Å². The van der Waals surface area contributed by atoms with E-state index >= 15 is 0 Å². The third kappa shape index (κ3) is 2.35. The van der Waals surface area contributed by atoms with Crippen LogP contribution in [0.3, 0.4) is 0 Å². The summed E-state index contributed by atoms with van der Waals surface area (Å²) in [6.45, 7) is 2.92. The Morgan fingerprint density at radius 1 is 1.50 bits per heavy atom. The van der Waals surface area contributed by atoms with Gasteiger partial charge < -0.3 is 11.1 Å². The second-order valence-corrected chi connectivity index (χ2v) is 4.42. The fourth-order valence-electron chi connectivity index (χ4n) is 2.23. The van der Waals surface area contributed by atoms with Gasteiger partial charge in [0.15, 0.2) is 0 Å². The van der Waals surface area contributed by atoms with E-state index in [1.807, 2.05) is 18.2 Å². The number of hydrogen-bond donors (Lipinski definition) is 2. The van der Waals surface area contributed by atoms with Crippen LogP contribution in [0.2, 0.25) is 0 Å². The molecule has 1 aliphatic heterocycles. The van der Waals surface area contributed by atoms with Gasteiger partial charge in [-0.3, -0.25) is 0 Å². The Labute approximate surface area is 95.3 Å². The first-order valence-corrected chi connectivity index (χ1v) is 5.62. The lowest BCUT2D eigenvalue weighted by atomic mass is 9.90. The molecule has 0 amide bonds. The van der Waals surface area contributed by atoms with Gasteiger partial charge in [-0.05, 0) is 36.0 Å². The third-order valence-corrected chi connectivity index (χ3v) is 3.08. The molecule has 16 heavy (non-hydrogen) atoms. The fourth-order valence-corrected chi connectivity index (χ4v) is 2.23. The second-order valence-electron chi connectivity index (χ2n) is 4.42. The zero-order valence-corrected chi connectivity index (χ0v) is 9.41. The van der Waals surface area contributed by atoms with Crippen molar-refractivity contribution >= 4 is 0 Å². The van der Waals surface area contributed by atoms with Gasteiger partial charge >= 0.3 is 0 Å². The smallest absolute Gasteiger partial charge is 0.126 e. The molecule has 0 saturated carbocycles. The first-order valence-electron chi connectivity index (χ1n) is 5.62. The van der Waals surface area contributed by atoms with Crippen LogP contribution in [0.1, 0.15) is 24.8 Å². The van der Waals surface area contributed by atoms with E-state index in [2.05, 4.69) is 12.2 Å². The molecule has 1 aliphatic rings. The van der Waals surface area contributed by atoms with Gasteiger partial charge in [0.05, 0.1) is 5.82 Å². The lowest BCUT2D eigenvalue weighted by Crippen LogP contribution is -2.17. The second kappa shape index (κ2) is 4.56. The molecule has 3 N–H and O–H groups in total. The van der Waals surface area contributed by atoms with Crippen molar-refractivity contribution in [3.05, 3.63) is 47.5 Å². The molecular weight excluding hydrogens is 203 g/mol. The van der Waals surface area contributed by atoms with Gasteiger partial charge in [-0.1, -0.05) is 25.1 Å². The summed E-state index contributed by atoms with van der Waals surface area (Å²) in [4.78, 5) is 0. The average Bonchev–Trinajstić information content (AvgIpc) is 2.64. The summed E-state index contributed by atoms with van der Waals surface area (Å²) in [5.41, 5.74) is 6.44. The van der Waals surface area contributed by atoms with Gasteiger partial charge in [0.2, 0.25) is 0 Å². The molecule has 0 aromatic heterocycles. The van der Waals surface area contributed by atoms with Crippen molar-refractivity contribution in [3.63, 3.8) is 0 Å². The van der Waals surface area contributed by atoms with Gasteiger partial charge in [0.25, 0.3) is 0 Å². The lowest BCUT2D eigenvalue weighted by molar-refractivity contribution is 0.512. The van der Waals surface area contributed by atoms with Gasteiger partial charge in [0, 0.05) is 6.54 Å². The van der Waals surface area contributed by atoms with E-state index in [-0.39, 0.29) is 11.7 Å². The summed E-state index contributed by atoms with van der Waals surface area (Å²) in [6, 6.07) is 6.98. The van der Waals surface area contributed by atoms with Crippen LogP contribution < -0.4 is 11.1 Å². The fraction of sp³-hybridized carbons (Fsp3) is 0.385. The van der Waals surface area contributed by atoms with Crippen molar-refractivity contribution in [3.8, 4) is 0 Å². The minimum Gasteiger partial charge on any atom is -0.386 e. The molecule has 0 spiro atoms. The standard InChI is InChI=1S/C13H17FN2/c1-9(6-10-7-13(15)16-8-10)11-4-2-3-5-12(11)14/h2-5,7,9-10,16H,6,8,15H2,1H3/t9?,10-/m0/s1. The van der Waals surface area contributed by atoms with Crippen LogP contribution >= 0.6 is 0 Å². The molecule has 3 heteroatoms. The van der Waals surface area contributed by atoms with Crippen LogP contribution in [0.25, 0.3) is 0 Å². The molecule has 2 atom stereocenters. The van der Waals surface area contributed by atoms with E-state index < -0.39 is 0 Å². The highest BCUT2D eigenvalue weighted by atomic mass is 19.1. The SMILES string of the molecule is CC(C[C@H]1C=C(N)NC1)c1ccccc1F. The van der Waals surface area contributed by atoms with Crippen LogP contribution in [0.5, 0.6) is 0 Å². The number of nitrogens with one attached hydrogen (secondary N) is 1. The minimum absolute atomic E-state index is 0.113. The van der Waals surface area contributed by atoms with Gasteiger partial charge in [-0.2, -0.15) is 0 Å². The topological polar surface area (TPSA) is 38.0 Å². The maximum Gasteiger partial charge on any atom is 0.126 e. The molecule has 2 rings (SSSR count). The Morgan fingerprint density at radius 2 is 2.25 bits per heavy atom. The zero-order valence-electron chi connectivity index (χ0n) is 9.41. The Hall–Kier alpha value is -1.51. The van der Waals surface area contributed by atoms with Crippen LogP contribution in [-0.2, 0) is 0 Å². The highest BCUT2D eigenvalue weighted by Crippen LogP contribution is 2.27. The Kier molecular flexibility index (Phi) is 3.13. The summed E-state index contributed by atoms with van der Waals surface area (Å²) in [5.74, 6) is 1.26. The number of nitrogens with two attached hydrogens (primary N) is 1. The van der Waals surface area contributed by atoms with Crippen LogP contribution in [0.15, 0.2) is 36.2 Å². The normalized spacial score (nSPS) is 21.4. The highest BCUT2D eigenvalue weighted by Gasteiger charge is 2.18. The number of benzene rings is 1. The maximum absolute atomic E-state index is 13.5. The van der Waals surface area contributed by atoms with Gasteiger partial charge in [0.1, 0.15) is 5.82 Å². The summed E-state index contributed by atoms with van der Waals surface area (Å²) in [6.07, 6.45) is 2.95. The predicted octanol–water partition coefficient (Wildman–Crippen LogP) is 2.34. The molecule has 0 bridgehead atoms. The summed E-state index contributed by atoms with van der Waals surface area (Å²) >= 11 is 0. The molecule has 0 saturated heterocycles. The first-order chi connectivity index (χ1) is 7.66. The van der Waals surface area contributed by atoms with Crippen molar-refractivity contribution < 1.29 is 4.39 Å². The number of hydrogen-bond acceptors (Lipinski definition) is 2. The minimum atomic E-state index is -0.113. The Morgan fingerprint density at radius 3 is 2.88 bits per heavy atom. The lowest BCUT2D eigenvalue weighted by Gasteiger charge is -2.15. The van der Waals surface area contributed by atoms with Crippen LogP contribution in [0.4, 0.5) is 4.39 Å². The molecule has 0 aliphatic carbocycles. The third-order valence-electron chi connectivity index (χ3n) is 3.08. The Balaban J connectivity index is 2.03. The van der Waals surface area contributed by atoms with E-state index in [4.69, 9.17) is 5.73 Å². The van der Waals surface area contributed by atoms with E-state index in [1.165, 1.54) is 6.07 Å².